The van der Waals surface area contributed by atoms with Crippen LogP contribution >= 0.6 is 23.2 Å². The van der Waals surface area contributed by atoms with Gasteiger partial charge in [0.15, 0.2) is 0 Å². The zero-order valence-electron chi connectivity index (χ0n) is 6.38. The van der Waals surface area contributed by atoms with Crippen LogP contribution in [0.2, 0.25) is 10.3 Å². The second-order valence-electron chi connectivity index (χ2n) is 2.00. The van der Waals surface area contributed by atoms with Crippen LogP contribution < -0.4 is 5.43 Å². The van der Waals surface area contributed by atoms with Gasteiger partial charge in [-0.2, -0.15) is 5.10 Å². The fraction of sp³-hybridized carbons (Fsp3) is 0.143. The largest absolute Gasteiger partial charge is 0.279 e. The van der Waals surface area contributed by atoms with Gasteiger partial charge in [0.1, 0.15) is 10.3 Å². The number of pyridine rings is 1. The average Bonchev–Trinajstić information content (AvgIpc) is 1.99. The third kappa shape index (κ3) is 2.68. The van der Waals surface area contributed by atoms with Gasteiger partial charge in [0.05, 0.1) is 5.69 Å². The molecule has 5 heteroatoms. The third-order valence-corrected chi connectivity index (χ3v) is 1.47. The molecule has 0 radical (unpaired) electrons. The van der Waals surface area contributed by atoms with Gasteiger partial charge in [-0.25, -0.2) is 4.98 Å². The molecule has 1 aromatic rings. The summed E-state index contributed by atoms with van der Waals surface area (Å²) in [5, 5.41) is 4.49. The Morgan fingerprint density at radius 1 is 1.42 bits per heavy atom. The first kappa shape index (κ1) is 9.29. The van der Waals surface area contributed by atoms with Gasteiger partial charge in [-0.15, -0.1) is 0 Å². The maximum atomic E-state index is 5.64. The van der Waals surface area contributed by atoms with E-state index in [0.29, 0.717) is 10.3 Å². The number of aromatic nitrogens is 1. The van der Waals surface area contributed by atoms with Crippen LogP contribution in [-0.2, 0) is 0 Å². The first-order chi connectivity index (χ1) is 5.72. The van der Waals surface area contributed by atoms with Crippen LogP contribution in [0.15, 0.2) is 17.2 Å². The topological polar surface area (TPSA) is 37.3 Å². The zero-order chi connectivity index (χ0) is 8.97. The van der Waals surface area contributed by atoms with Gasteiger partial charge in [-0.05, 0) is 6.92 Å². The van der Waals surface area contributed by atoms with Crippen LogP contribution in [0.3, 0.4) is 0 Å². The fourth-order valence-corrected chi connectivity index (χ4v) is 1.13. The molecule has 0 atom stereocenters. The molecule has 0 aromatic carbocycles. The first-order valence-corrected chi connectivity index (χ1v) is 4.04. The molecule has 1 heterocycles. The molecule has 0 aliphatic carbocycles. The molecule has 0 spiro atoms. The number of hydrogen-bond acceptors (Lipinski definition) is 3. The highest BCUT2D eigenvalue weighted by Gasteiger charge is 1.96. The maximum absolute atomic E-state index is 5.64. The lowest BCUT2D eigenvalue weighted by atomic mass is 10.4. The predicted octanol–water partition coefficient (Wildman–Crippen LogP) is 2.81. The molecule has 0 saturated carbocycles. The lowest BCUT2D eigenvalue weighted by Gasteiger charge is -1.99. The Morgan fingerprint density at radius 2 is 2.00 bits per heavy atom. The Morgan fingerprint density at radius 3 is 2.50 bits per heavy atom. The van der Waals surface area contributed by atoms with Crippen molar-refractivity contribution in [1.29, 1.82) is 0 Å². The molecule has 0 aliphatic rings. The van der Waals surface area contributed by atoms with E-state index in [1.807, 2.05) is 0 Å². The van der Waals surface area contributed by atoms with Gasteiger partial charge in [0.2, 0.25) is 0 Å². The highest BCUT2D eigenvalue weighted by atomic mass is 35.5. The van der Waals surface area contributed by atoms with Gasteiger partial charge >= 0.3 is 0 Å². The standard InChI is InChI=1S/C7H7Cl2N3/c1-2-10-12-5-3-6(8)11-7(9)4-5/h2-4H,1H3,(H,11,12). The lowest BCUT2D eigenvalue weighted by Crippen LogP contribution is -1.89. The SMILES string of the molecule is CC=NNc1cc(Cl)nc(Cl)c1. The maximum Gasteiger partial charge on any atom is 0.132 e. The highest BCUT2D eigenvalue weighted by molar-refractivity contribution is 6.32. The second-order valence-corrected chi connectivity index (χ2v) is 2.77. The second kappa shape index (κ2) is 4.28. The van der Waals surface area contributed by atoms with Crippen molar-refractivity contribution in [2.24, 2.45) is 5.10 Å². The van der Waals surface area contributed by atoms with Crippen LogP contribution in [-0.4, -0.2) is 11.2 Å². The van der Waals surface area contributed by atoms with E-state index in [9.17, 15) is 0 Å². The molecule has 0 aliphatic heterocycles. The number of nitrogens with one attached hydrogen (secondary N) is 1. The zero-order valence-corrected chi connectivity index (χ0v) is 7.89. The molecular weight excluding hydrogens is 197 g/mol. The summed E-state index contributed by atoms with van der Waals surface area (Å²) >= 11 is 11.3. The van der Waals surface area contributed by atoms with Gasteiger partial charge in [0.25, 0.3) is 0 Å². The van der Waals surface area contributed by atoms with E-state index in [0.717, 1.165) is 5.69 Å². The third-order valence-electron chi connectivity index (χ3n) is 1.09. The average molecular weight is 204 g/mol. The van der Waals surface area contributed by atoms with Crippen LogP contribution in [0.5, 0.6) is 0 Å². The normalized spacial score (nSPS) is 10.6. The smallest absolute Gasteiger partial charge is 0.132 e. The van der Waals surface area contributed by atoms with E-state index in [-0.39, 0.29) is 0 Å². The number of hydrazone groups is 1. The minimum Gasteiger partial charge on any atom is -0.279 e. The Kier molecular flexibility index (Phi) is 3.31. The molecule has 0 amide bonds. The summed E-state index contributed by atoms with van der Waals surface area (Å²) in [4.78, 5) is 3.78. The molecular formula is C7H7Cl2N3. The Balaban J connectivity index is 2.85. The number of hydrogen-bond donors (Lipinski definition) is 1. The number of nitrogens with zero attached hydrogens (tertiary/aromatic N) is 2. The monoisotopic (exact) mass is 203 g/mol. The summed E-state index contributed by atoms with van der Waals surface area (Å²) in [5.74, 6) is 0. The molecule has 64 valence electrons. The van der Waals surface area contributed by atoms with Gasteiger partial charge in [-0.1, -0.05) is 23.2 Å². The summed E-state index contributed by atoms with van der Waals surface area (Å²) in [7, 11) is 0. The van der Waals surface area contributed by atoms with Crippen molar-refractivity contribution in [3.63, 3.8) is 0 Å². The van der Waals surface area contributed by atoms with E-state index >= 15 is 0 Å². The van der Waals surface area contributed by atoms with Crippen LogP contribution in [0, 0.1) is 0 Å². The van der Waals surface area contributed by atoms with Gasteiger partial charge in [0, 0.05) is 18.3 Å². The van der Waals surface area contributed by atoms with Crippen molar-refractivity contribution < 1.29 is 0 Å². The summed E-state index contributed by atoms with van der Waals surface area (Å²) in [6, 6.07) is 3.28. The molecule has 3 nitrogen and oxygen atoms in total. The van der Waals surface area contributed by atoms with E-state index < -0.39 is 0 Å². The molecule has 0 fully saturated rings. The molecule has 1 aromatic heterocycles. The number of halogens is 2. The molecule has 12 heavy (non-hydrogen) atoms. The van der Waals surface area contributed by atoms with Crippen molar-refractivity contribution in [1.82, 2.24) is 4.98 Å². The van der Waals surface area contributed by atoms with Gasteiger partial charge in [-0.3, -0.25) is 5.43 Å². The molecule has 0 saturated heterocycles. The van der Waals surface area contributed by atoms with Crippen molar-refractivity contribution in [3.8, 4) is 0 Å². The van der Waals surface area contributed by atoms with E-state index in [2.05, 4.69) is 15.5 Å². The quantitative estimate of drug-likeness (QED) is 0.456. The summed E-state index contributed by atoms with van der Waals surface area (Å²) in [5.41, 5.74) is 3.46. The van der Waals surface area contributed by atoms with E-state index in [1.165, 1.54) is 0 Å². The molecule has 1 rings (SSSR count). The lowest BCUT2D eigenvalue weighted by molar-refractivity contribution is 1.28. The summed E-state index contributed by atoms with van der Waals surface area (Å²) in [6.07, 6.45) is 1.63. The predicted molar refractivity (Wildman–Crippen MR) is 52.0 cm³/mol. The summed E-state index contributed by atoms with van der Waals surface area (Å²) < 4.78 is 0. The van der Waals surface area contributed by atoms with Crippen molar-refractivity contribution >= 4 is 35.1 Å². The van der Waals surface area contributed by atoms with E-state index in [4.69, 9.17) is 23.2 Å². The minimum atomic E-state index is 0.344. The van der Waals surface area contributed by atoms with Crippen molar-refractivity contribution in [2.45, 2.75) is 6.92 Å². The molecule has 1 N–H and O–H groups in total. The first-order valence-electron chi connectivity index (χ1n) is 3.29. The fourth-order valence-electron chi connectivity index (χ4n) is 0.669. The Hall–Kier alpha value is -0.800. The number of anilines is 1. The van der Waals surface area contributed by atoms with Crippen molar-refractivity contribution in [3.05, 3.63) is 22.4 Å². The summed E-state index contributed by atoms with van der Waals surface area (Å²) in [6.45, 7) is 1.80. The minimum absolute atomic E-state index is 0.344. The van der Waals surface area contributed by atoms with Crippen LogP contribution in [0.4, 0.5) is 5.69 Å². The van der Waals surface area contributed by atoms with E-state index in [1.54, 1.807) is 25.3 Å². The molecule has 0 unspecified atom stereocenters. The highest BCUT2D eigenvalue weighted by Crippen LogP contribution is 2.18. The number of rotatable bonds is 2. The van der Waals surface area contributed by atoms with Crippen LogP contribution in [0.1, 0.15) is 6.92 Å². The Labute approximate surface area is 80.4 Å². The van der Waals surface area contributed by atoms with Crippen molar-refractivity contribution in [2.75, 3.05) is 5.43 Å². The van der Waals surface area contributed by atoms with Crippen LogP contribution in [0.25, 0.3) is 0 Å². The molecule has 0 bridgehead atoms. The Bertz CT molecular complexity index is 278. The van der Waals surface area contributed by atoms with Gasteiger partial charge < -0.3 is 0 Å².